The summed E-state index contributed by atoms with van der Waals surface area (Å²) >= 11 is 0. The summed E-state index contributed by atoms with van der Waals surface area (Å²) in [5.74, 6) is -0.200. The van der Waals surface area contributed by atoms with Crippen LogP contribution in [0.4, 0.5) is 4.39 Å². The van der Waals surface area contributed by atoms with Crippen LogP contribution in [0.2, 0.25) is 0 Å². The number of likely N-dealkylation sites (tertiary alicyclic amines) is 1. The van der Waals surface area contributed by atoms with Crippen molar-refractivity contribution in [3.63, 3.8) is 0 Å². The van der Waals surface area contributed by atoms with E-state index in [4.69, 9.17) is 0 Å². The molecule has 0 saturated carbocycles. The monoisotopic (exact) mass is 306 g/mol. The Hall–Kier alpha value is -1.42. The molecule has 1 aliphatic heterocycles. The zero-order chi connectivity index (χ0) is 15.9. The van der Waals surface area contributed by atoms with Gasteiger partial charge in [-0.05, 0) is 57.5 Å². The van der Waals surface area contributed by atoms with Crippen LogP contribution in [0.5, 0.6) is 0 Å². The largest absolute Gasteiger partial charge is 0.348 e. The number of halogens is 1. The second-order valence-electron chi connectivity index (χ2n) is 6.26. The summed E-state index contributed by atoms with van der Waals surface area (Å²) in [6.07, 6.45) is 6.18. The van der Waals surface area contributed by atoms with Crippen molar-refractivity contribution < 1.29 is 9.18 Å². The normalized spacial score (nSPS) is 19.8. The van der Waals surface area contributed by atoms with Gasteiger partial charge in [0.15, 0.2) is 0 Å². The van der Waals surface area contributed by atoms with Gasteiger partial charge in [0, 0.05) is 0 Å². The molecule has 0 bridgehead atoms. The van der Waals surface area contributed by atoms with Crippen molar-refractivity contribution in [1.29, 1.82) is 0 Å². The van der Waals surface area contributed by atoms with Gasteiger partial charge < -0.3 is 5.32 Å². The van der Waals surface area contributed by atoms with Gasteiger partial charge in [-0.3, -0.25) is 9.69 Å². The summed E-state index contributed by atoms with van der Waals surface area (Å²) in [5.41, 5.74) is 0.926. The van der Waals surface area contributed by atoms with Crippen LogP contribution >= 0.6 is 0 Å². The number of benzene rings is 1. The summed E-state index contributed by atoms with van der Waals surface area (Å²) in [4.78, 5) is 14.7. The van der Waals surface area contributed by atoms with Crippen LogP contribution in [-0.2, 0) is 4.79 Å². The number of carbonyl (C=O) groups is 1. The summed E-state index contributed by atoms with van der Waals surface area (Å²) in [5, 5.41) is 3.05. The SMILES string of the molecule is CC(NC(=O)C(C)N1CCCCCCC1)c1ccc(F)cc1. The number of amides is 1. The van der Waals surface area contributed by atoms with Gasteiger partial charge >= 0.3 is 0 Å². The molecule has 2 atom stereocenters. The predicted molar refractivity (Wildman–Crippen MR) is 87.1 cm³/mol. The zero-order valence-electron chi connectivity index (χ0n) is 13.6. The maximum Gasteiger partial charge on any atom is 0.237 e. The lowest BCUT2D eigenvalue weighted by Crippen LogP contribution is -2.46. The molecule has 1 saturated heterocycles. The van der Waals surface area contributed by atoms with Gasteiger partial charge in [-0.1, -0.05) is 31.4 Å². The van der Waals surface area contributed by atoms with Gasteiger partial charge in [-0.2, -0.15) is 0 Å². The van der Waals surface area contributed by atoms with Crippen LogP contribution in [-0.4, -0.2) is 29.9 Å². The molecular formula is C18H27FN2O. The van der Waals surface area contributed by atoms with E-state index in [0.717, 1.165) is 18.7 Å². The van der Waals surface area contributed by atoms with Gasteiger partial charge in [-0.25, -0.2) is 4.39 Å². The predicted octanol–water partition coefficient (Wildman–Crippen LogP) is 3.66. The summed E-state index contributed by atoms with van der Waals surface area (Å²) in [7, 11) is 0. The molecule has 2 unspecified atom stereocenters. The highest BCUT2D eigenvalue weighted by Gasteiger charge is 2.22. The molecule has 1 aliphatic rings. The number of hydrogen-bond acceptors (Lipinski definition) is 2. The van der Waals surface area contributed by atoms with E-state index in [1.807, 2.05) is 13.8 Å². The van der Waals surface area contributed by atoms with Crippen LogP contribution in [0.15, 0.2) is 24.3 Å². The first-order valence-corrected chi connectivity index (χ1v) is 8.38. The first-order valence-electron chi connectivity index (χ1n) is 8.38. The minimum absolute atomic E-state index is 0.0531. The third-order valence-corrected chi connectivity index (χ3v) is 4.55. The van der Waals surface area contributed by atoms with Gasteiger partial charge in [0.1, 0.15) is 5.82 Å². The highest BCUT2D eigenvalue weighted by molar-refractivity contribution is 5.81. The number of nitrogens with zero attached hydrogens (tertiary/aromatic N) is 1. The van der Waals surface area contributed by atoms with E-state index in [0.29, 0.717) is 0 Å². The van der Waals surface area contributed by atoms with Crippen LogP contribution in [0.25, 0.3) is 0 Å². The average Bonchev–Trinajstić information content (AvgIpc) is 2.47. The molecule has 1 heterocycles. The fourth-order valence-electron chi connectivity index (χ4n) is 2.99. The maximum absolute atomic E-state index is 13.0. The Morgan fingerprint density at radius 3 is 2.18 bits per heavy atom. The van der Waals surface area contributed by atoms with Crippen molar-refractivity contribution in [3.8, 4) is 0 Å². The molecule has 0 aliphatic carbocycles. The third-order valence-electron chi connectivity index (χ3n) is 4.55. The van der Waals surface area contributed by atoms with Crippen LogP contribution in [0, 0.1) is 5.82 Å². The smallest absolute Gasteiger partial charge is 0.237 e. The van der Waals surface area contributed by atoms with Crippen molar-refractivity contribution in [1.82, 2.24) is 10.2 Å². The summed E-state index contributed by atoms with van der Waals surface area (Å²) in [6.45, 7) is 5.92. The maximum atomic E-state index is 13.0. The van der Waals surface area contributed by atoms with E-state index >= 15 is 0 Å². The van der Waals surface area contributed by atoms with Gasteiger partial charge in [0.25, 0.3) is 0 Å². The standard InChI is InChI=1S/C18H27FN2O/c1-14(16-8-10-17(19)11-9-16)20-18(22)15(2)21-12-6-4-3-5-7-13-21/h8-11,14-15H,3-7,12-13H2,1-2H3,(H,20,22). The molecule has 2 rings (SSSR count). The molecule has 1 aromatic rings. The molecule has 1 fully saturated rings. The first kappa shape index (κ1) is 16.9. The highest BCUT2D eigenvalue weighted by Crippen LogP contribution is 2.16. The van der Waals surface area contributed by atoms with E-state index in [1.54, 1.807) is 12.1 Å². The third kappa shape index (κ3) is 4.80. The van der Waals surface area contributed by atoms with Gasteiger partial charge in [0.2, 0.25) is 5.91 Å². The molecule has 4 heteroatoms. The van der Waals surface area contributed by atoms with Crippen LogP contribution < -0.4 is 5.32 Å². The first-order chi connectivity index (χ1) is 10.6. The fourth-order valence-corrected chi connectivity index (χ4v) is 2.99. The van der Waals surface area contributed by atoms with Crippen LogP contribution in [0.3, 0.4) is 0 Å². The highest BCUT2D eigenvalue weighted by atomic mass is 19.1. The Balaban J connectivity index is 1.90. The van der Waals surface area contributed by atoms with Crippen molar-refractivity contribution in [2.75, 3.05) is 13.1 Å². The molecule has 3 nitrogen and oxygen atoms in total. The van der Waals surface area contributed by atoms with Crippen molar-refractivity contribution in [3.05, 3.63) is 35.6 Å². The van der Waals surface area contributed by atoms with E-state index < -0.39 is 0 Å². The number of rotatable bonds is 4. The second kappa shape index (κ2) is 8.28. The molecule has 122 valence electrons. The molecule has 0 radical (unpaired) electrons. The lowest BCUT2D eigenvalue weighted by Gasteiger charge is -2.30. The van der Waals surface area contributed by atoms with E-state index in [1.165, 1.54) is 44.2 Å². The lowest BCUT2D eigenvalue weighted by atomic mass is 10.1. The summed E-state index contributed by atoms with van der Waals surface area (Å²) < 4.78 is 13.0. The quantitative estimate of drug-likeness (QED) is 0.921. The number of carbonyl (C=O) groups excluding carboxylic acids is 1. The lowest BCUT2D eigenvalue weighted by molar-refractivity contribution is -0.126. The number of hydrogen-bond donors (Lipinski definition) is 1. The minimum Gasteiger partial charge on any atom is -0.348 e. The van der Waals surface area contributed by atoms with Gasteiger partial charge in [0.05, 0.1) is 12.1 Å². The number of nitrogens with one attached hydrogen (secondary N) is 1. The summed E-state index contributed by atoms with van der Waals surface area (Å²) in [6, 6.07) is 6.09. The van der Waals surface area contributed by atoms with Crippen LogP contribution in [0.1, 0.15) is 57.6 Å². The molecule has 1 amide bonds. The molecule has 1 aromatic carbocycles. The van der Waals surface area contributed by atoms with Crippen molar-refractivity contribution >= 4 is 5.91 Å². The van der Waals surface area contributed by atoms with Gasteiger partial charge in [-0.15, -0.1) is 0 Å². The Kier molecular flexibility index (Phi) is 6.37. The molecule has 0 aromatic heterocycles. The van der Waals surface area contributed by atoms with Crippen molar-refractivity contribution in [2.45, 2.75) is 58.0 Å². The Morgan fingerprint density at radius 2 is 1.59 bits per heavy atom. The zero-order valence-corrected chi connectivity index (χ0v) is 13.6. The fraction of sp³-hybridized carbons (Fsp3) is 0.611. The Labute approximate surface area is 132 Å². The molecule has 22 heavy (non-hydrogen) atoms. The Bertz CT molecular complexity index is 466. The second-order valence-corrected chi connectivity index (χ2v) is 6.26. The molecular weight excluding hydrogens is 279 g/mol. The molecule has 0 spiro atoms. The Morgan fingerprint density at radius 1 is 1.05 bits per heavy atom. The van der Waals surface area contributed by atoms with E-state index in [2.05, 4.69) is 10.2 Å². The molecule has 1 N–H and O–H groups in total. The topological polar surface area (TPSA) is 32.3 Å². The minimum atomic E-state index is -0.253. The van der Waals surface area contributed by atoms with E-state index in [9.17, 15) is 9.18 Å². The van der Waals surface area contributed by atoms with Crippen molar-refractivity contribution in [2.24, 2.45) is 0 Å². The van der Waals surface area contributed by atoms with E-state index in [-0.39, 0.29) is 23.8 Å². The average molecular weight is 306 g/mol.